The van der Waals surface area contributed by atoms with Gasteiger partial charge in [-0.15, -0.1) is 5.10 Å². The summed E-state index contributed by atoms with van der Waals surface area (Å²) in [5.41, 5.74) is 0. The summed E-state index contributed by atoms with van der Waals surface area (Å²) in [6.45, 7) is 1.59. The number of carbonyl (C=O) groups is 2. The van der Waals surface area contributed by atoms with Gasteiger partial charge in [-0.3, -0.25) is 4.79 Å². The fourth-order valence-corrected chi connectivity index (χ4v) is 0.978. The maximum absolute atomic E-state index is 11.3. The van der Waals surface area contributed by atoms with Crippen molar-refractivity contribution in [1.82, 2.24) is 25.5 Å². The number of nitrogens with zero attached hydrogens (tertiary/aromatic N) is 4. The van der Waals surface area contributed by atoms with Gasteiger partial charge in [0.1, 0.15) is 18.9 Å². The van der Waals surface area contributed by atoms with Crippen molar-refractivity contribution in [3.05, 3.63) is 6.33 Å². The molecular formula is C7H11N5O3. The topological polar surface area (TPSA) is 110 Å². The summed E-state index contributed by atoms with van der Waals surface area (Å²) in [6, 6.07) is -0.867. The lowest BCUT2D eigenvalue weighted by Crippen LogP contribution is -2.41. The van der Waals surface area contributed by atoms with E-state index in [0.717, 1.165) is 0 Å². The molecule has 1 aromatic heterocycles. The fraction of sp³-hybridized carbons (Fsp3) is 0.571. The summed E-state index contributed by atoms with van der Waals surface area (Å²) in [4.78, 5) is 21.9. The van der Waals surface area contributed by atoms with Gasteiger partial charge in [-0.2, -0.15) is 0 Å². The van der Waals surface area contributed by atoms with Crippen LogP contribution in [0.3, 0.4) is 0 Å². The highest BCUT2D eigenvalue weighted by Crippen LogP contribution is 1.91. The Morgan fingerprint density at radius 3 is 2.80 bits per heavy atom. The minimum atomic E-state index is -1.05. The van der Waals surface area contributed by atoms with Crippen molar-refractivity contribution in [3.8, 4) is 0 Å². The Morgan fingerprint density at radius 1 is 1.60 bits per heavy atom. The number of aliphatic carboxylic acids is 1. The summed E-state index contributed by atoms with van der Waals surface area (Å²) in [6.07, 6.45) is 1.61. The molecule has 0 saturated carbocycles. The molecule has 1 heterocycles. The molecule has 1 atom stereocenters. The lowest BCUT2D eigenvalue weighted by atomic mass is 10.2. The highest BCUT2D eigenvalue weighted by molar-refractivity contribution is 5.83. The number of tetrazole rings is 1. The van der Waals surface area contributed by atoms with E-state index in [1.54, 1.807) is 6.92 Å². The zero-order chi connectivity index (χ0) is 11.3. The van der Waals surface area contributed by atoms with E-state index in [0.29, 0.717) is 6.42 Å². The van der Waals surface area contributed by atoms with E-state index in [2.05, 4.69) is 20.8 Å². The number of carboxylic acid groups (broad SMARTS) is 1. The van der Waals surface area contributed by atoms with Crippen molar-refractivity contribution in [2.75, 3.05) is 0 Å². The molecule has 8 heteroatoms. The lowest BCUT2D eigenvalue weighted by molar-refractivity contribution is -0.142. The molecule has 1 amide bonds. The molecule has 0 aliphatic carbocycles. The molecule has 1 rings (SSSR count). The second-order valence-corrected chi connectivity index (χ2v) is 2.87. The molecule has 0 bridgehead atoms. The van der Waals surface area contributed by atoms with Gasteiger partial charge in [0.25, 0.3) is 0 Å². The van der Waals surface area contributed by atoms with E-state index in [4.69, 9.17) is 5.11 Å². The first-order valence-electron chi connectivity index (χ1n) is 4.36. The number of hydrogen-bond acceptors (Lipinski definition) is 5. The first-order valence-corrected chi connectivity index (χ1v) is 4.36. The van der Waals surface area contributed by atoms with Crippen LogP contribution < -0.4 is 5.32 Å². The third-order valence-electron chi connectivity index (χ3n) is 1.74. The van der Waals surface area contributed by atoms with Crippen LogP contribution in [0.25, 0.3) is 0 Å². The second kappa shape index (κ2) is 5.03. The van der Waals surface area contributed by atoms with Crippen LogP contribution in [-0.4, -0.2) is 43.2 Å². The van der Waals surface area contributed by atoms with Crippen molar-refractivity contribution in [2.24, 2.45) is 0 Å². The van der Waals surface area contributed by atoms with Crippen LogP contribution in [-0.2, 0) is 16.1 Å². The van der Waals surface area contributed by atoms with Crippen molar-refractivity contribution < 1.29 is 14.7 Å². The predicted molar refractivity (Wildman–Crippen MR) is 47.7 cm³/mol. The predicted octanol–water partition coefficient (Wildman–Crippen LogP) is -1.35. The van der Waals surface area contributed by atoms with E-state index in [1.165, 1.54) is 11.0 Å². The van der Waals surface area contributed by atoms with Gasteiger partial charge >= 0.3 is 5.97 Å². The van der Waals surface area contributed by atoms with E-state index >= 15 is 0 Å². The second-order valence-electron chi connectivity index (χ2n) is 2.87. The van der Waals surface area contributed by atoms with Gasteiger partial charge in [-0.1, -0.05) is 6.92 Å². The Morgan fingerprint density at radius 2 is 2.33 bits per heavy atom. The van der Waals surface area contributed by atoms with Gasteiger partial charge in [0.15, 0.2) is 0 Å². The fourth-order valence-electron chi connectivity index (χ4n) is 0.978. The van der Waals surface area contributed by atoms with Crippen molar-refractivity contribution in [1.29, 1.82) is 0 Å². The van der Waals surface area contributed by atoms with Crippen molar-refractivity contribution in [3.63, 3.8) is 0 Å². The number of carbonyl (C=O) groups excluding carboxylic acids is 1. The van der Waals surface area contributed by atoms with Gasteiger partial charge in [0.2, 0.25) is 5.91 Å². The molecule has 2 N–H and O–H groups in total. The van der Waals surface area contributed by atoms with E-state index in [9.17, 15) is 9.59 Å². The van der Waals surface area contributed by atoms with Gasteiger partial charge < -0.3 is 10.4 Å². The number of amides is 1. The summed E-state index contributed by atoms with van der Waals surface area (Å²) in [5.74, 6) is -1.49. The van der Waals surface area contributed by atoms with Gasteiger partial charge in [-0.25, -0.2) is 9.48 Å². The molecule has 0 aliphatic rings. The molecule has 0 unspecified atom stereocenters. The molecule has 82 valence electrons. The number of aromatic nitrogens is 4. The molecule has 15 heavy (non-hydrogen) atoms. The molecular weight excluding hydrogens is 202 g/mol. The van der Waals surface area contributed by atoms with Gasteiger partial charge in [0.05, 0.1) is 0 Å². The molecule has 1 aromatic rings. The molecule has 0 aromatic carbocycles. The summed E-state index contributed by atoms with van der Waals surface area (Å²) >= 11 is 0. The Kier molecular flexibility index (Phi) is 3.72. The standard InChI is InChI=1S/C7H11N5O3/c1-2-5(7(14)15)9-6(13)3-12-4-8-10-11-12/h4-5H,2-3H2,1H3,(H,9,13)(H,14,15)/t5-/m0/s1. The normalized spacial score (nSPS) is 12.1. The van der Waals surface area contributed by atoms with Crippen LogP contribution >= 0.6 is 0 Å². The third-order valence-corrected chi connectivity index (χ3v) is 1.74. The SMILES string of the molecule is CC[C@H](NC(=O)Cn1cnnn1)C(=O)O. The Bertz CT molecular complexity index is 336. The number of hydrogen-bond donors (Lipinski definition) is 2. The average molecular weight is 213 g/mol. The van der Waals surface area contributed by atoms with Crippen LogP contribution in [0.15, 0.2) is 6.33 Å². The number of carboxylic acids is 1. The minimum Gasteiger partial charge on any atom is -0.480 e. The smallest absolute Gasteiger partial charge is 0.326 e. The molecule has 0 fully saturated rings. The lowest BCUT2D eigenvalue weighted by Gasteiger charge is -2.11. The number of rotatable bonds is 5. The van der Waals surface area contributed by atoms with Gasteiger partial charge in [-0.05, 0) is 16.8 Å². The van der Waals surface area contributed by atoms with Crippen LogP contribution in [0.5, 0.6) is 0 Å². The quantitative estimate of drug-likeness (QED) is 0.625. The largest absolute Gasteiger partial charge is 0.480 e. The van der Waals surface area contributed by atoms with Crippen molar-refractivity contribution in [2.45, 2.75) is 25.9 Å². The first-order chi connectivity index (χ1) is 7.13. The monoisotopic (exact) mass is 213 g/mol. The van der Waals surface area contributed by atoms with Crippen LogP contribution in [0.4, 0.5) is 0 Å². The van der Waals surface area contributed by atoms with E-state index < -0.39 is 17.9 Å². The van der Waals surface area contributed by atoms with E-state index in [-0.39, 0.29) is 6.54 Å². The zero-order valence-corrected chi connectivity index (χ0v) is 8.12. The van der Waals surface area contributed by atoms with Crippen LogP contribution in [0, 0.1) is 0 Å². The van der Waals surface area contributed by atoms with Crippen LogP contribution in [0.2, 0.25) is 0 Å². The molecule has 0 radical (unpaired) electrons. The van der Waals surface area contributed by atoms with Gasteiger partial charge in [0, 0.05) is 0 Å². The summed E-state index contributed by atoms with van der Waals surface area (Å²) in [5, 5.41) is 21.2. The Labute approximate surface area is 85.3 Å². The summed E-state index contributed by atoms with van der Waals surface area (Å²) < 4.78 is 1.21. The zero-order valence-electron chi connectivity index (χ0n) is 8.12. The minimum absolute atomic E-state index is 0.0865. The number of nitrogens with one attached hydrogen (secondary N) is 1. The Balaban J connectivity index is 2.45. The Hall–Kier alpha value is -1.99. The average Bonchev–Trinajstić information content (AvgIpc) is 2.66. The maximum Gasteiger partial charge on any atom is 0.326 e. The molecule has 0 saturated heterocycles. The highest BCUT2D eigenvalue weighted by Gasteiger charge is 2.17. The van der Waals surface area contributed by atoms with Crippen molar-refractivity contribution >= 4 is 11.9 Å². The maximum atomic E-state index is 11.3. The first kappa shape index (κ1) is 11.1. The highest BCUT2D eigenvalue weighted by atomic mass is 16.4. The third kappa shape index (κ3) is 3.33. The molecule has 0 spiro atoms. The summed E-state index contributed by atoms with van der Waals surface area (Å²) in [7, 11) is 0. The van der Waals surface area contributed by atoms with E-state index in [1.807, 2.05) is 0 Å². The molecule has 0 aliphatic heterocycles. The molecule has 8 nitrogen and oxygen atoms in total. The van der Waals surface area contributed by atoms with Crippen LogP contribution in [0.1, 0.15) is 13.3 Å².